The minimum Gasteiger partial charge on any atom is -0.480 e. The molecule has 0 aliphatic heterocycles. The second-order valence-corrected chi connectivity index (χ2v) is 6.59. The Hall–Kier alpha value is -1.30. The maximum atomic E-state index is 12.6. The third-order valence-electron chi connectivity index (χ3n) is 2.86. The molecule has 0 fully saturated rings. The van der Waals surface area contributed by atoms with Crippen LogP contribution in [0.5, 0.6) is 0 Å². The summed E-state index contributed by atoms with van der Waals surface area (Å²) < 4.78 is 0. The summed E-state index contributed by atoms with van der Waals surface area (Å²) in [4.78, 5) is 28.8. The lowest BCUT2D eigenvalue weighted by atomic mass is 10.2. The quantitative estimate of drug-likeness (QED) is 0.703. The molecule has 21 heavy (non-hydrogen) atoms. The number of carbonyl (C=O) groups excluding carboxylic acids is 1. The molecule has 0 saturated carbocycles. The van der Waals surface area contributed by atoms with Gasteiger partial charge in [0.1, 0.15) is 6.54 Å². The molecule has 0 heterocycles. The Morgan fingerprint density at radius 3 is 1.76 bits per heavy atom. The number of amides is 2. The van der Waals surface area contributed by atoms with Gasteiger partial charge in [0.15, 0.2) is 0 Å². The second-order valence-electron chi connectivity index (χ2n) is 6.59. The molecule has 0 aliphatic rings. The maximum absolute atomic E-state index is 12.6. The molecule has 0 rings (SSSR count). The second kappa shape index (κ2) is 9.60. The van der Waals surface area contributed by atoms with Crippen LogP contribution in [-0.2, 0) is 4.79 Å². The predicted octanol–water partition coefficient (Wildman–Crippen LogP) is 1.67. The van der Waals surface area contributed by atoms with Crippen molar-refractivity contribution in [2.45, 2.75) is 27.7 Å². The van der Waals surface area contributed by atoms with Crippen molar-refractivity contribution in [3.63, 3.8) is 0 Å². The Kier molecular flexibility index (Phi) is 9.01. The van der Waals surface area contributed by atoms with Crippen LogP contribution >= 0.6 is 0 Å². The van der Waals surface area contributed by atoms with Gasteiger partial charge in [-0.1, -0.05) is 27.7 Å². The molecule has 0 bridgehead atoms. The van der Waals surface area contributed by atoms with Crippen molar-refractivity contribution in [1.29, 1.82) is 0 Å². The number of nitrogens with zero attached hydrogens (tertiary/aromatic N) is 3. The Labute approximate surface area is 128 Å². The molecule has 0 aliphatic carbocycles. The van der Waals surface area contributed by atoms with Gasteiger partial charge in [0.25, 0.3) is 0 Å². The van der Waals surface area contributed by atoms with Crippen LogP contribution < -0.4 is 0 Å². The van der Waals surface area contributed by atoms with E-state index in [1.165, 1.54) is 4.90 Å². The number of likely N-dealkylation sites (N-methyl/N-ethyl adjacent to an activating group) is 1. The normalized spacial score (nSPS) is 11.3. The predicted molar refractivity (Wildman–Crippen MR) is 84.4 cm³/mol. The summed E-state index contributed by atoms with van der Waals surface area (Å²) in [6.07, 6.45) is 0. The molecular formula is C15H31N3O3. The fraction of sp³-hybridized carbons (Fsp3) is 0.867. The van der Waals surface area contributed by atoms with Crippen molar-refractivity contribution in [2.24, 2.45) is 11.8 Å². The summed E-state index contributed by atoms with van der Waals surface area (Å²) in [5.41, 5.74) is 0. The lowest BCUT2D eigenvalue weighted by Gasteiger charge is -2.32. The van der Waals surface area contributed by atoms with Gasteiger partial charge >= 0.3 is 12.0 Å². The number of hydrogen-bond donors (Lipinski definition) is 1. The maximum Gasteiger partial charge on any atom is 0.323 e. The monoisotopic (exact) mass is 301 g/mol. The van der Waals surface area contributed by atoms with Gasteiger partial charge in [-0.25, -0.2) is 4.79 Å². The highest BCUT2D eigenvalue weighted by molar-refractivity contribution is 5.80. The van der Waals surface area contributed by atoms with Gasteiger partial charge in [-0.05, 0) is 25.9 Å². The first kappa shape index (κ1) is 19.7. The first-order chi connectivity index (χ1) is 9.63. The van der Waals surface area contributed by atoms with Crippen LogP contribution in [0.4, 0.5) is 4.79 Å². The molecule has 0 aromatic rings. The first-order valence-corrected chi connectivity index (χ1v) is 7.53. The third-order valence-corrected chi connectivity index (χ3v) is 2.86. The van der Waals surface area contributed by atoms with E-state index in [0.717, 1.165) is 6.54 Å². The summed E-state index contributed by atoms with van der Waals surface area (Å²) >= 11 is 0. The average Bonchev–Trinajstić information content (AvgIpc) is 2.30. The number of hydrogen-bond acceptors (Lipinski definition) is 3. The van der Waals surface area contributed by atoms with Crippen LogP contribution in [0.2, 0.25) is 0 Å². The number of carbonyl (C=O) groups is 2. The molecule has 0 spiro atoms. The van der Waals surface area contributed by atoms with Crippen LogP contribution in [0.3, 0.4) is 0 Å². The minimum atomic E-state index is -0.971. The van der Waals surface area contributed by atoms with Crippen LogP contribution in [0.15, 0.2) is 0 Å². The molecule has 0 atom stereocenters. The van der Waals surface area contributed by atoms with Crippen molar-refractivity contribution in [1.82, 2.24) is 14.7 Å². The highest BCUT2D eigenvalue weighted by Gasteiger charge is 2.24. The van der Waals surface area contributed by atoms with E-state index in [1.54, 1.807) is 4.90 Å². The van der Waals surface area contributed by atoms with E-state index in [4.69, 9.17) is 5.11 Å². The summed E-state index contributed by atoms with van der Waals surface area (Å²) in [6, 6.07) is -0.179. The van der Waals surface area contributed by atoms with Crippen LogP contribution in [0, 0.1) is 11.8 Å². The van der Waals surface area contributed by atoms with Gasteiger partial charge in [-0.2, -0.15) is 0 Å². The van der Waals surface area contributed by atoms with Gasteiger partial charge in [0.2, 0.25) is 0 Å². The SMILES string of the molecule is CC(C)CN(CCN(C)C)C(=O)N(CC(=O)O)CC(C)C. The summed E-state index contributed by atoms with van der Waals surface area (Å²) in [6.45, 7) is 10.3. The van der Waals surface area contributed by atoms with Gasteiger partial charge in [0.05, 0.1) is 0 Å². The van der Waals surface area contributed by atoms with E-state index in [-0.39, 0.29) is 18.5 Å². The zero-order chi connectivity index (χ0) is 16.6. The minimum absolute atomic E-state index is 0.179. The average molecular weight is 301 g/mol. The van der Waals surface area contributed by atoms with Crippen molar-refractivity contribution in [3.05, 3.63) is 0 Å². The van der Waals surface area contributed by atoms with E-state index in [0.29, 0.717) is 25.6 Å². The van der Waals surface area contributed by atoms with E-state index < -0.39 is 5.97 Å². The molecule has 0 radical (unpaired) electrons. The molecule has 6 nitrogen and oxygen atoms in total. The molecule has 124 valence electrons. The summed E-state index contributed by atoms with van der Waals surface area (Å²) in [5, 5.41) is 9.01. The molecule has 2 amide bonds. The van der Waals surface area contributed by atoms with Gasteiger partial charge in [-0.15, -0.1) is 0 Å². The van der Waals surface area contributed by atoms with Crippen LogP contribution in [0.25, 0.3) is 0 Å². The van der Waals surface area contributed by atoms with E-state index >= 15 is 0 Å². The van der Waals surface area contributed by atoms with Crippen molar-refractivity contribution in [3.8, 4) is 0 Å². The smallest absolute Gasteiger partial charge is 0.323 e. The Bertz CT molecular complexity index is 330. The molecule has 1 N–H and O–H groups in total. The van der Waals surface area contributed by atoms with Crippen LogP contribution in [0.1, 0.15) is 27.7 Å². The zero-order valence-corrected chi connectivity index (χ0v) is 14.3. The first-order valence-electron chi connectivity index (χ1n) is 7.53. The fourth-order valence-electron chi connectivity index (χ4n) is 2.04. The van der Waals surface area contributed by atoms with E-state index in [9.17, 15) is 9.59 Å². The van der Waals surface area contributed by atoms with Gasteiger partial charge < -0.3 is 19.8 Å². The summed E-state index contributed by atoms with van der Waals surface area (Å²) in [5.74, 6) is -0.383. The third kappa shape index (κ3) is 9.28. The van der Waals surface area contributed by atoms with Gasteiger partial charge in [0, 0.05) is 26.2 Å². The van der Waals surface area contributed by atoms with E-state index in [1.807, 2.05) is 32.8 Å². The molecule has 6 heteroatoms. The van der Waals surface area contributed by atoms with Crippen LogP contribution in [-0.4, -0.2) is 78.6 Å². The van der Waals surface area contributed by atoms with Crippen molar-refractivity contribution >= 4 is 12.0 Å². The number of urea groups is 1. The highest BCUT2D eigenvalue weighted by Crippen LogP contribution is 2.07. The Balaban J connectivity index is 4.93. The Morgan fingerprint density at radius 1 is 0.905 bits per heavy atom. The number of aliphatic carboxylic acids is 1. The number of rotatable bonds is 9. The fourth-order valence-corrected chi connectivity index (χ4v) is 2.04. The molecule has 0 saturated heterocycles. The molecular weight excluding hydrogens is 270 g/mol. The lowest BCUT2D eigenvalue weighted by molar-refractivity contribution is -0.137. The largest absolute Gasteiger partial charge is 0.480 e. The zero-order valence-electron chi connectivity index (χ0n) is 14.3. The molecule has 0 aromatic heterocycles. The Morgan fingerprint density at radius 2 is 1.38 bits per heavy atom. The molecule has 0 aromatic carbocycles. The van der Waals surface area contributed by atoms with Crippen molar-refractivity contribution < 1.29 is 14.7 Å². The van der Waals surface area contributed by atoms with Gasteiger partial charge in [-0.3, -0.25) is 4.79 Å². The topological polar surface area (TPSA) is 64.1 Å². The standard InChI is InChI=1S/C15H31N3O3/c1-12(2)9-17(8-7-16(5)6)15(21)18(10-13(3)4)11-14(19)20/h12-13H,7-11H2,1-6H3,(H,19,20). The number of carboxylic acids is 1. The molecule has 0 unspecified atom stereocenters. The number of carboxylic acid groups (broad SMARTS) is 1. The lowest BCUT2D eigenvalue weighted by Crippen LogP contribution is -2.49. The summed E-state index contributed by atoms with van der Waals surface area (Å²) in [7, 11) is 3.92. The van der Waals surface area contributed by atoms with Crippen molar-refractivity contribution in [2.75, 3.05) is 46.8 Å². The van der Waals surface area contributed by atoms with E-state index in [2.05, 4.69) is 13.8 Å². The highest BCUT2D eigenvalue weighted by atomic mass is 16.4.